The predicted octanol–water partition coefficient (Wildman–Crippen LogP) is 1.40. The summed E-state index contributed by atoms with van der Waals surface area (Å²) in [5.74, 6) is 1.39. The molecule has 3 rings (SSSR count). The topological polar surface area (TPSA) is 44.8 Å². The number of hydrogen-bond acceptors (Lipinski definition) is 4. The first-order chi connectivity index (χ1) is 10.3. The Balaban J connectivity index is 0.00000132. The minimum atomic E-state index is 0. The summed E-state index contributed by atoms with van der Waals surface area (Å²) in [6, 6.07) is 0. The molecule has 0 unspecified atom stereocenters. The molecule has 0 spiro atoms. The van der Waals surface area contributed by atoms with Gasteiger partial charge in [-0.15, -0.1) is 24.8 Å². The van der Waals surface area contributed by atoms with Crippen molar-refractivity contribution in [2.75, 3.05) is 59.0 Å². The SMILES string of the molecule is Cl.Cl.O=C([C@@H]1CCCNC1)N1CCC(CN2CCOCC2)CC1. The first-order valence-electron chi connectivity index (χ1n) is 8.62. The van der Waals surface area contributed by atoms with Crippen LogP contribution in [0.1, 0.15) is 25.7 Å². The summed E-state index contributed by atoms with van der Waals surface area (Å²) in [4.78, 5) is 17.2. The van der Waals surface area contributed by atoms with Gasteiger partial charge in [-0.05, 0) is 38.1 Å². The van der Waals surface area contributed by atoms with Crippen molar-refractivity contribution in [3.8, 4) is 0 Å². The van der Waals surface area contributed by atoms with E-state index in [0.29, 0.717) is 5.91 Å². The van der Waals surface area contributed by atoms with E-state index >= 15 is 0 Å². The van der Waals surface area contributed by atoms with Crippen LogP contribution in [0.2, 0.25) is 0 Å². The maximum atomic E-state index is 12.5. The fourth-order valence-corrected chi connectivity index (χ4v) is 3.81. The third-order valence-electron chi connectivity index (χ3n) is 5.19. The molecule has 1 amide bonds. The maximum Gasteiger partial charge on any atom is 0.226 e. The van der Waals surface area contributed by atoms with Crippen LogP contribution < -0.4 is 5.32 Å². The van der Waals surface area contributed by atoms with Crippen molar-refractivity contribution in [1.82, 2.24) is 15.1 Å². The molecule has 23 heavy (non-hydrogen) atoms. The molecule has 0 aromatic heterocycles. The molecule has 0 aliphatic carbocycles. The van der Waals surface area contributed by atoms with Crippen LogP contribution in [0.3, 0.4) is 0 Å². The van der Waals surface area contributed by atoms with Crippen LogP contribution in [0, 0.1) is 11.8 Å². The highest BCUT2D eigenvalue weighted by Gasteiger charge is 2.29. The second-order valence-electron chi connectivity index (χ2n) is 6.72. The summed E-state index contributed by atoms with van der Waals surface area (Å²) in [5.41, 5.74) is 0. The number of carbonyl (C=O) groups excluding carboxylic acids is 1. The Morgan fingerprint density at radius 2 is 1.74 bits per heavy atom. The molecule has 0 aromatic rings. The third kappa shape index (κ3) is 6.05. The van der Waals surface area contributed by atoms with E-state index in [0.717, 1.165) is 71.2 Å². The van der Waals surface area contributed by atoms with Gasteiger partial charge in [0.1, 0.15) is 0 Å². The molecule has 5 nitrogen and oxygen atoms in total. The van der Waals surface area contributed by atoms with Gasteiger partial charge in [0.25, 0.3) is 0 Å². The molecule has 3 fully saturated rings. The molecule has 0 radical (unpaired) electrons. The number of nitrogens with one attached hydrogen (secondary N) is 1. The van der Waals surface area contributed by atoms with Gasteiger partial charge < -0.3 is 15.0 Å². The average molecular weight is 368 g/mol. The van der Waals surface area contributed by atoms with Gasteiger partial charge in [0.15, 0.2) is 0 Å². The van der Waals surface area contributed by atoms with Crippen molar-refractivity contribution in [3.05, 3.63) is 0 Å². The second kappa shape index (κ2) is 10.7. The number of hydrogen-bond donors (Lipinski definition) is 1. The number of morpholine rings is 1. The van der Waals surface area contributed by atoms with Gasteiger partial charge in [-0.3, -0.25) is 9.69 Å². The summed E-state index contributed by atoms with van der Waals surface area (Å²) in [7, 11) is 0. The highest BCUT2D eigenvalue weighted by Crippen LogP contribution is 2.22. The van der Waals surface area contributed by atoms with Crippen molar-refractivity contribution in [2.45, 2.75) is 25.7 Å². The lowest BCUT2D eigenvalue weighted by atomic mass is 9.93. The van der Waals surface area contributed by atoms with Crippen molar-refractivity contribution < 1.29 is 9.53 Å². The number of nitrogens with zero attached hydrogens (tertiary/aromatic N) is 2. The molecule has 136 valence electrons. The molecular formula is C16H31Cl2N3O2. The van der Waals surface area contributed by atoms with E-state index < -0.39 is 0 Å². The molecule has 1 N–H and O–H groups in total. The standard InChI is InChI=1S/C16H29N3O2.2ClH/c20-16(15-2-1-5-17-12-15)19-6-3-14(4-7-19)13-18-8-10-21-11-9-18;;/h14-15,17H,1-13H2;2*1H/t15-;;/m1../s1. The molecule has 0 saturated carbocycles. The van der Waals surface area contributed by atoms with Crippen LogP contribution in [0.25, 0.3) is 0 Å². The fourth-order valence-electron chi connectivity index (χ4n) is 3.81. The minimum absolute atomic E-state index is 0. The number of ether oxygens (including phenoxy) is 1. The minimum Gasteiger partial charge on any atom is -0.379 e. The van der Waals surface area contributed by atoms with Crippen LogP contribution in [0.15, 0.2) is 0 Å². The number of piperidine rings is 2. The molecule has 3 saturated heterocycles. The Hall–Kier alpha value is -0.0700. The molecule has 7 heteroatoms. The first kappa shape index (κ1) is 21.0. The summed E-state index contributed by atoms with van der Waals surface area (Å²) in [6.45, 7) is 8.99. The van der Waals surface area contributed by atoms with Crippen LogP contribution in [-0.4, -0.2) is 74.7 Å². The molecule has 0 aromatic carbocycles. The van der Waals surface area contributed by atoms with Crippen LogP contribution in [0.5, 0.6) is 0 Å². The van der Waals surface area contributed by atoms with E-state index in [4.69, 9.17) is 4.74 Å². The summed E-state index contributed by atoms with van der Waals surface area (Å²) in [6.07, 6.45) is 4.55. The number of amides is 1. The monoisotopic (exact) mass is 367 g/mol. The lowest BCUT2D eigenvalue weighted by Crippen LogP contribution is -2.48. The second-order valence-corrected chi connectivity index (χ2v) is 6.72. The molecular weight excluding hydrogens is 337 g/mol. The fraction of sp³-hybridized carbons (Fsp3) is 0.938. The molecule has 3 heterocycles. The number of likely N-dealkylation sites (tertiary alicyclic amines) is 1. The normalized spacial score (nSPS) is 27.0. The van der Waals surface area contributed by atoms with E-state index in [1.165, 1.54) is 19.4 Å². The zero-order valence-electron chi connectivity index (χ0n) is 13.9. The maximum absolute atomic E-state index is 12.5. The Bertz CT molecular complexity index is 340. The zero-order valence-corrected chi connectivity index (χ0v) is 15.5. The highest BCUT2D eigenvalue weighted by molar-refractivity contribution is 5.85. The predicted molar refractivity (Wildman–Crippen MR) is 96.7 cm³/mol. The van der Waals surface area contributed by atoms with Gasteiger partial charge in [-0.1, -0.05) is 0 Å². The van der Waals surface area contributed by atoms with Gasteiger partial charge in [0.2, 0.25) is 5.91 Å². The molecule has 3 aliphatic rings. The zero-order chi connectivity index (χ0) is 14.5. The van der Waals surface area contributed by atoms with Crippen molar-refractivity contribution in [1.29, 1.82) is 0 Å². The average Bonchev–Trinajstić information content (AvgIpc) is 2.57. The van der Waals surface area contributed by atoms with Crippen molar-refractivity contribution in [2.24, 2.45) is 11.8 Å². The van der Waals surface area contributed by atoms with E-state index in [1.54, 1.807) is 0 Å². The van der Waals surface area contributed by atoms with Crippen LogP contribution in [-0.2, 0) is 9.53 Å². The Morgan fingerprint density at radius 3 is 2.35 bits per heavy atom. The number of rotatable bonds is 3. The van der Waals surface area contributed by atoms with Crippen LogP contribution in [0.4, 0.5) is 0 Å². The van der Waals surface area contributed by atoms with E-state index in [1.807, 2.05) is 0 Å². The Labute approximate surface area is 152 Å². The molecule has 0 bridgehead atoms. The van der Waals surface area contributed by atoms with Gasteiger partial charge in [-0.25, -0.2) is 0 Å². The summed E-state index contributed by atoms with van der Waals surface area (Å²) < 4.78 is 5.40. The molecule has 3 aliphatic heterocycles. The van der Waals surface area contributed by atoms with Crippen molar-refractivity contribution in [3.63, 3.8) is 0 Å². The van der Waals surface area contributed by atoms with Gasteiger partial charge in [0.05, 0.1) is 19.1 Å². The lowest BCUT2D eigenvalue weighted by molar-refractivity contribution is -0.137. The van der Waals surface area contributed by atoms with Crippen LogP contribution >= 0.6 is 24.8 Å². The smallest absolute Gasteiger partial charge is 0.226 e. The largest absolute Gasteiger partial charge is 0.379 e. The van der Waals surface area contributed by atoms with E-state index in [-0.39, 0.29) is 30.7 Å². The summed E-state index contributed by atoms with van der Waals surface area (Å²) in [5, 5.41) is 3.35. The number of carbonyl (C=O) groups is 1. The summed E-state index contributed by atoms with van der Waals surface area (Å²) >= 11 is 0. The highest BCUT2D eigenvalue weighted by atomic mass is 35.5. The lowest BCUT2D eigenvalue weighted by Gasteiger charge is -2.37. The first-order valence-corrected chi connectivity index (χ1v) is 8.62. The van der Waals surface area contributed by atoms with E-state index in [9.17, 15) is 4.79 Å². The van der Waals surface area contributed by atoms with Crippen molar-refractivity contribution >= 4 is 30.7 Å². The van der Waals surface area contributed by atoms with Gasteiger partial charge >= 0.3 is 0 Å². The van der Waals surface area contributed by atoms with Gasteiger partial charge in [0, 0.05) is 39.3 Å². The molecule has 1 atom stereocenters. The Kier molecular flexibility index (Phi) is 9.78. The Morgan fingerprint density at radius 1 is 1.04 bits per heavy atom. The third-order valence-corrected chi connectivity index (χ3v) is 5.19. The van der Waals surface area contributed by atoms with E-state index in [2.05, 4.69) is 15.1 Å². The van der Waals surface area contributed by atoms with Gasteiger partial charge in [-0.2, -0.15) is 0 Å². The number of halogens is 2. The quantitative estimate of drug-likeness (QED) is 0.818.